The van der Waals surface area contributed by atoms with Gasteiger partial charge in [0.15, 0.2) is 6.61 Å². The zero-order chi connectivity index (χ0) is 27.9. The van der Waals surface area contributed by atoms with Crippen LogP contribution in [-0.4, -0.2) is 53.7 Å². The van der Waals surface area contributed by atoms with Gasteiger partial charge in [-0.2, -0.15) is 0 Å². The molecular formula is C34H31N3O4. The lowest BCUT2D eigenvalue weighted by Crippen LogP contribution is -2.37. The van der Waals surface area contributed by atoms with E-state index in [-0.39, 0.29) is 12.5 Å². The number of hydrogen-bond donors (Lipinski definition) is 0. The molecule has 3 heterocycles. The molecule has 2 aromatic heterocycles. The van der Waals surface area contributed by atoms with Crippen molar-refractivity contribution in [1.82, 2.24) is 14.9 Å². The summed E-state index contributed by atoms with van der Waals surface area (Å²) in [5.41, 5.74) is 6.17. The van der Waals surface area contributed by atoms with Crippen LogP contribution in [0.2, 0.25) is 0 Å². The molecule has 6 rings (SSSR count). The smallest absolute Gasteiger partial charge is 0.260 e. The van der Waals surface area contributed by atoms with E-state index < -0.39 is 0 Å². The second-order valence-corrected chi connectivity index (χ2v) is 9.96. The quantitative estimate of drug-likeness (QED) is 0.288. The van der Waals surface area contributed by atoms with Gasteiger partial charge in [0.2, 0.25) is 0 Å². The number of amides is 1. The van der Waals surface area contributed by atoms with Gasteiger partial charge in [-0.1, -0.05) is 54.6 Å². The first kappa shape index (κ1) is 26.5. The maximum absolute atomic E-state index is 13.4. The number of fused-ring (bicyclic) bond motifs is 4. The van der Waals surface area contributed by atoms with E-state index in [4.69, 9.17) is 14.2 Å². The third kappa shape index (κ3) is 6.53. The first-order valence-electron chi connectivity index (χ1n) is 13.8. The molecule has 0 aliphatic carbocycles. The van der Waals surface area contributed by atoms with Crippen LogP contribution in [-0.2, 0) is 22.5 Å². The Morgan fingerprint density at radius 1 is 0.854 bits per heavy atom. The fourth-order valence-electron chi connectivity index (χ4n) is 5.05. The molecule has 0 atom stereocenters. The molecule has 206 valence electrons. The van der Waals surface area contributed by atoms with Gasteiger partial charge >= 0.3 is 0 Å². The van der Waals surface area contributed by atoms with Crippen LogP contribution in [0.25, 0.3) is 22.0 Å². The van der Waals surface area contributed by atoms with Crippen molar-refractivity contribution in [3.8, 4) is 22.6 Å². The largest absolute Gasteiger partial charge is 0.491 e. The molecule has 1 amide bonds. The Morgan fingerprint density at radius 3 is 2.66 bits per heavy atom. The minimum absolute atomic E-state index is 0.0804. The van der Waals surface area contributed by atoms with E-state index in [1.165, 1.54) is 0 Å². The zero-order valence-electron chi connectivity index (χ0n) is 22.7. The Labute approximate surface area is 239 Å². The Balaban J connectivity index is 1.22. The molecule has 0 radical (unpaired) electrons. The van der Waals surface area contributed by atoms with E-state index in [9.17, 15) is 4.79 Å². The van der Waals surface area contributed by atoms with Gasteiger partial charge in [-0.3, -0.25) is 14.8 Å². The van der Waals surface area contributed by atoms with Gasteiger partial charge in [0, 0.05) is 49.1 Å². The molecule has 1 aliphatic rings. The molecule has 7 heteroatoms. The van der Waals surface area contributed by atoms with Gasteiger partial charge in [-0.15, -0.1) is 0 Å². The van der Waals surface area contributed by atoms with Crippen LogP contribution in [0.15, 0.2) is 104 Å². The topological polar surface area (TPSA) is 73.8 Å². The molecule has 3 aromatic carbocycles. The first-order chi connectivity index (χ1) is 20.2. The molecule has 0 N–H and O–H groups in total. The highest BCUT2D eigenvalue weighted by atomic mass is 16.5. The Hall–Kier alpha value is -4.75. The number of ether oxygens (including phenoxy) is 3. The molecule has 2 bridgehead atoms. The van der Waals surface area contributed by atoms with Crippen molar-refractivity contribution in [1.29, 1.82) is 0 Å². The third-order valence-corrected chi connectivity index (χ3v) is 7.11. The van der Waals surface area contributed by atoms with Crippen molar-refractivity contribution in [2.45, 2.75) is 13.0 Å². The highest BCUT2D eigenvalue weighted by Crippen LogP contribution is 2.29. The van der Waals surface area contributed by atoms with E-state index >= 15 is 0 Å². The molecule has 7 nitrogen and oxygen atoms in total. The fraction of sp³-hybridized carbons (Fsp3) is 0.206. The van der Waals surface area contributed by atoms with Gasteiger partial charge in [-0.25, -0.2) is 0 Å². The monoisotopic (exact) mass is 545 g/mol. The second-order valence-electron chi connectivity index (χ2n) is 9.96. The van der Waals surface area contributed by atoms with Crippen molar-refractivity contribution in [2.75, 3.05) is 33.0 Å². The van der Waals surface area contributed by atoms with E-state index in [2.05, 4.69) is 46.4 Å². The minimum atomic E-state index is -0.110. The van der Waals surface area contributed by atoms with E-state index in [1.54, 1.807) is 17.3 Å². The van der Waals surface area contributed by atoms with Crippen LogP contribution >= 0.6 is 0 Å². The molecule has 5 aromatic rings. The summed E-state index contributed by atoms with van der Waals surface area (Å²) in [7, 11) is 0. The SMILES string of the molecule is O=C(COc1cccc2cccnc12)N1CCOCCOc2ccc(-c3cccnc3)cc2Cc2cccc(c2)C1. The number of nitrogens with zero attached hydrogens (tertiary/aromatic N) is 3. The van der Waals surface area contributed by atoms with Crippen molar-refractivity contribution < 1.29 is 19.0 Å². The number of para-hydroxylation sites is 1. The Bertz CT molecular complexity index is 1640. The van der Waals surface area contributed by atoms with Gasteiger partial charge in [0.25, 0.3) is 5.91 Å². The van der Waals surface area contributed by atoms with Crippen LogP contribution < -0.4 is 9.47 Å². The maximum atomic E-state index is 13.4. The molecule has 0 saturated carbocycles. The lowest BCUT2D eigenvalue weighted by Gasteiger charge is -2.24. The van der Waals surface area contributed by atoms with E-state index in [0.29, 0.717) is 45.1 Å². The van der Waals surface area contributed by atoms with Crippen LogP contribution in [0.1, 0.15) is 16.7 Å². The van der Waals surface area contributed by atoms with Gasteiger partial charge in [0.05, 0.1) is 13.2 Å². The molecule has 0 unspecified atom stereocenters. The number of benzene rings is 3. The fourth-order valence-corrected chi connectivity index (χ4v) is 5.05. The van der Waals surface area contributed by atoms with Crippen LogP contribution in [0, 0.1) is 0 Å². The number of hydrogen-bond acceptors (Lipinski definition) is 6. The molecular weight excluding hydrogens is 514 g/mol. The number of rotatable bonds is 4. The number of carbonyl (C=O) groups is 1. The number of aromatic nitrogens is 2. The summed E-state index contributed by atoms with van der Waals surface area (Å²) in [5.74, 6) is 1.33. The number of pyridine rings is 2. The lowest BCUT2D eigenvalue weighted by atomic mass is 9.98. The summed E-state index contributed by atoms with van der Waals surface area (Å²) in [6.07, 6.45) is 6.07. The lowest BCUT2D eigenvalue weighted by molar-refractivity contribution is -0.134. The molecule has 1 aliphatic heterocycles. The van der Waals surface area contributed by atoms with E-state index in [0.717, 1.165) is 44.5 Å². The normalized spacial score (nSPS) is 14.0. The van der Waals surface area contributed by atoms with E-state index in [1.807, 2.05) is 54.7 Å². The summed E-state index contributed by atoms with van der Waals surface area (Å²) in [5, 5.41) is 0.970. The Morgan fingerprint density at radius 2 is 1.73 bits per heavy atom. The van der Waals surface area contributed by atoms with Gasteiger partial charge in [0.1, 0.15) is 23.6 Å². The Kier molecular flexibility index (Phi) is 8.15. The molecule has 0 saturated heterocycles. The molecule has 41 heavy (non-hydrogen) atoms. The summed E-state index contributed by atoms with van der Waals surface area (Å²) < 4.78 is 18.0. The van der Waals surface area contributed by atoms with Crippen LogP contribution in [0.5, 0.6) is 11.5 Å². The minimum Gasteiger partial charge on any atom is -0.491 e. The zero-order valence-corrected chi connectivity index (χ0v) is 22.7. The molecule has 0 spiro atoms. The van der Waals surface area contributed by atoms with Crippen molar-refractivity contribution in [2.24, 2.45) is 0 Å². The van der Waals surface area contributed by atoms with Gasteiger partial charge < -0.3 is 19.1 Å². The molecule has 0 fully saturated rings. The van der Waals surface area contributed by atoms with Gasteiger partial charge in [-0.05, 0) is 52.6 Å². The van der Waals surface area contributed by atoms with Crippen molar-refractivity contribution in [3.05, 3.63) is 120 Å². The van der Waals surface area contributed by atoms with Crippen LogP contribution in [0.3, 0.4) is 0 Å². The highest BCUT2D eigenvalue weighted by molar-refractivity contribution is 5.85. The predicted octanol–water partition coefficient (Wildman–Crippen LogP) is 5.70. The summed E-state index contributed by atoms with van der Waals surface area (Å²) in [6, 6.07) is 28.2. The second kappa shape index (κ2) is 12.6. The van der Waals surface area contributed by atoms with Crippen molar-refractivity contribution in [3.63, 3.8) is 0 Å². The summed E-state index contributed by atoms with van der Waals surface area (Å²) in [6.45, 7) is 2.08. The van der Waals surface area contributed by atoms with Crippen LogP contribution in [0.4, 0.5) is 0 Å². The highest BCUT2D eigenvalue weighted by Gasteiger charge is 2.17. The third-order valence-electron chi connectivity index (χ3n) is 7.11. The number of carbonyl (C=O) groups excluding carboxylic acids is 1. The maximum Gasteiger partial charge on any atom is 0.260 e. The standard InChI is InChI=1S/C34H31N3O4/c38-33(24-41-32-10-2-7-27-8-4-14-36-34(27)32)37-15-16-39-17-18-40-31-12-11-28(29-9-3-13-35-22-29)21-30(31)20-25-5-1-6-26(19-25)23-37/h1-14,19,21-22H,15-18,20,23-24H2. The summed E-state index contributed by atoms with van der Waals surface area (Å²) >= 11 is 0. The average molecular weight is 546 g/mol. The van der Waals surface area contributed by atoms with Crippen molar-refractivity contribution >= 4 is 16.8 Å². The first-order valence-corrected chi connectivity index (χ1v) is 13.8. The predicted molar refractivity (Wildman–Crippen MR) is 158 cm³/mol. The average Bonchev–Trinajstić information content (AvgIpc) is 3.01. The summed E-state index contributed by atoms with van der Waals surface area (Å²) in [4.78, 5) is 23.9.